The van der Waals surface area contributed by atoms with Gasteiger partial charge in [-0.15, -0.1) is 0 Å². The van der Waals surface area contributed by atoms with Crippen LogP contribution in [0.3, 0.4) is 0 Å². The smallest absolute Gasteiger partial charge is 0.372 e. The van der Waals surface area contributed by atoms with E-state index in [1.807, 2.05) is 24.3 Å². The van der Waals surface area contributed by atoms with E-state index in [9.17, 15) is 13.2 Å². The van der Waals surface area contributed by atoms with Gasteiger partial charge in [0.1, 0.15) is 0 Å². The minimum atomic E-state index is -4.38. The summed E-state index contributed by atoms with van der Waals surface area (Å²) in [4.78, 5) is 2.21. The van der Waals surface area contributed by atoms with Gasteiger partial charge in [0.2, 0.25) is 0 Å². The monoisotopic (exact) mass is 367 g/mol. The number of benzene rings is 2. The van der Waals surface area contributed by atoms with Crippen molar-refractivity contribution in [2.45, 2.75) is 20.0 Å². The summed E-state index contributed by atoms with van der Waals surface area (Å²) < 4.78 is 38.2. The third-order valence-corrected chi connectivity index (χ3v) is 3.91. The summed E-state index contributed by atoms with van der Waals surface area (Å²) in [5.74, 6) is 0. The molecule has 2 aromatic rings. The Hall–Kier alpha value is -2.28. The van der Waals surface area contributed by atoms with Gasteiger partial charge >= 0.3 is 6.18 Å². The molecule has 0 saturated carbocycles. The van der Waals surface area contributed by atoms with Gasteiger partial charge < -0.3 is 15.5 Å². The number of hydrogen-bond donors (Lipinski definition) is 2. The molecule has 0 aliphatic carbocycles. The Morgan fingerprint density at radius 3 is 2.12 bits per heavy atom. The molecule has 0 radical (unpaired) electrons. The third kappa shape index (κ3) is 5.35. The average molecular weight is 367 g/mol. The lowest BCUT2D eigenvalue weighted by molar-refractivity contribution is -0.137. The fourth-order valence-electron chi connectivity index (χ4n) is 2.41. The van der Waals surface area contributed by atoms with Gasteiger partial charge in [0.05, 0.1) is 5.56 Å². The summed E-state index contributed by atoms with van der Waals surface area (Å²) in [6.07, 6.45) is -4.38. The first kappa shape index (κ1) is 19.1. The van der Waals surface area contributed by atoms with Crippen LogP contribution in [0.2, 0.25) is 0 Å². The Morgan fingerprint density at radius 2 is 1.56 bits per heavy atom. The highest BCUT2D eigenvalue weighted by atomic mass is 32.1. The minimum absolute atomic E-state index is 0.231. The van der Waals surface area contributed by atoms with Crippen LogP contribution in [0, 0.1) is 0 Å². The number of nitrogens with zero attached hydrogens (tertiary/aromatic N) is 1. The molecule has 0 spiro atoms. The van der Waals surface area contributed by atoms with Crippen molar-refractivity contribution in [3.05, 3.63) is 54.1 Å². The molecule has 0 fully saturated rings. The maximum Gasteiger partial charge on any atom is 0.416 e. The molecule has 0 saturated heterocycles. The first-order valence-electron chi connectivity index (χ1n) is 7.93. The topological polar surface area (TPSA) is 27.3 Å². The Balaban J connectivity index is 2.01. The molecular weight excluding hydrogens is 347 g/mol. The highest BCUT2D eigenvalue weighted by molar-refractivity contribution is 7.80. The number of nitrogens with one attached hydrogen (secondary N) is 2. The third-order valence-electron chi connectivity index (χ3n) is 3.70. The zero-order valence-corrected chi connectivity index (χ0v) is 14.8. The highest BCUT2D eigenvalue weighted by Gasteiger charge is 2.30. The lowest BCUT2D eigenvalue weighted by Crippen LogP contribution is -2.22. The molecule has 2 aromatic carbocycles. The quantitative estimate of drug-likeness (QED) is 0.696. The summed E-state index contributed by atoms with van der Waals surface area (Å²) in [6, 6.07) is 12.6. The second kappa shape index (κ2) is 8.20. The van der Waals surface area contributed by atoms with Gasteiger partial charge in [-0.2, -0.15) is 13.2 Å². The second-order valence-corrected chi connectivity index (χ2v) is 5.79. The number of halogens is 3. The summed E-state index contributed by atoms with van der Waals surface area (Å²) in [5.41, 5.74) is 1.43. The molecular formula is C18H20F3N3S. The van der Waals surface area contributed by atoms with E-state index in [0.717, 1.165) is 36.6 Å². The summed E-state index contributed by atoms with van der Waals surface area (Å²) in [6.45, 7) is 6.01. The van der Waals surface area contributed by atoms with Crippen LogP contribution in [-0.4, -0.2) is 18.2 Å². The largest absolute Gasteiger partial charge is 0.416 e. The highest BCUT2D eigenvalue weighted by Crippen LogP contribution is 2.30. The fraction of sp³-hybridized carbons (Fsp3) is 0.278. The van der Waals surface area contributed by atoms with Crippen LogP contribution in [0.1, 0.15) is 19.4 Å². The summed E-state index contributed by atoms with van der Waals surface area (Å²) in [5, 5.41) is 5.98. The molecule has 0 atom stereocenters. The molecule has 0 heterocycles. The number of hydrogen-bond acceptors (Lipinski definition) is 2. The molecule has 2 N–H and O–H groups in total. The van der Waals surface area contributed by atoms with Crippen LogP contribution in [-0.2, 0) is 6.18 Å². The molecule has 0 aliphatic heterocycles. The minimum Gasteiger partial charge on any atom is -0.372 e. The van der Waals surface area contributed by atoms with Gasteiger partial charge in [-0.3, -0.25) is 0 Å². The predicted octanol–water partition coefficient (Wildman–Crippen LogP) is 5.36. The Bertz CT molecular complexity index is 710. The number of thiocarbonyl (C=S) groups is 1. The van der Waals surface area contributed by atoms with E-state index < -0.39 is 11.7 Å². The standard InChI is InChI=1S/C18H20F3N3S/c1-3-24(4-2)16-10-8-14(9-11-16)22-17(25)23-15-7-5-6-13(12-15)18(19,20)21/h5-12H,3-4H2,1-2H3,(H2,22,23,25). The Labute approximate surface area is 150 Å². The normalized spacial score (nSPS) is 11.1. The SMILES string of the molecule is CCN(CC)c1ccc(NC(=S)Nc2cccc(C(F)(F)F)c2)cc1. The fourth-order valence-corrected chi connectivity index (χ4v) is 2.65. The van der Waals surface area contributed by atoms with E-state index in [4.69, 9.17) is 12.2 Å². The molecule has 0 bridgehead atoms. The van der Waals surface area contributed by atoms with Crippen LogP contribution in [0.25, 0.3) is 0 Å². The van der Waals surface area contributed by atoms with Crippen LogP contribution in [0.4, 0.5) is 30.2 Å². The van der Waals surface area contributed by atoms with Crippen LogP contribution in [0.5, 0.6) is 0 Å². The molecule has 3 nitrogen and oxygen atoms in total. The van der Waals surface area contributed by atoms with Gasteiger partial charge in [0.15, 0.2) is 5.11 Å². The van der Waals surface area contributed by atoms with Gasteiger partial charge in [0, 0.05) is 30.2 Å². The van der Waals surface area contributed by atoms with Gasteiger partial charge in [-0.25, -0.2) is 0 Å². The first-order valence-corrected chi connectivity index (χ1v) is 8.34. The van der Waals surface area contributed by atoms with Crippen molar-refractivity contribution >= 4 is 34.4 Å². The molecule has 0 amide bonds. The van der Waals surface area contributed by atoms with Crippen molar-refractivity contribution in [1.29, 1.82) is 0 Å². The average Bonchev–Trinajstić information content (AvgIpc) is 2.57. The lowest BCUT2D eigenvalue weighted by atomic mass is 10.2. The zero-order valence-electron chi connectivity index (χ0n) is 14.0. The van der Waals surface area contributed by atoms with E-state index in [-0.39, 0.29) is 10.8 Å². The summed E-state index contributed by atoms with van der Waals surface area (Å²) in [7, 11) is 0. The molecule has 2 rings (SSSR count). The van der Waals surface area contributed by atoms with Gasteiger partial charge in [0.25, 0.3) is 0 Å². The number of anilines is 3. The van der Waals surface area contributed by atoms with E-state index in [1.54, 1.807) is 0 Å². The maximum atomic E-state index is 12.7. The molecule has 0 aromatic heterocycles. The van der Waals surface area contributed by atoms with E-state index in [0.29, 0.717) is 0 Å². The van der Waals surface area contributed by atoms with Crippen molar-refractivity contribution in [1.82, 2.24) is 0 Å². The van der Waals surface area contributed by atoms with E-state index in [1.165, 1.54) is 12.1 Å². The first-order chi connectivity index (χ1) is 11.8. The van der Waals surface area contributed by atoms with Crippen molar-refractivity contribution in [3.8, 4) is 0 Å². The Morgan fingerprint density at radius 1 is 0.960 bits per heavy atom. The number of rotatable bonds is 5. The van der Waals surface area contributed by atoms with Gasteiger partial charge in [-0.05, 0) is 68.5 Å². The van der Waals surface area contributed by atoms with Crippen LogP contribution < -0.4 is 15.5 Å². The molecule has 134 valence electrons. The molecule has 0 unspecified atom stereocenters. The molecule has 0 aliphatic rings. The van der Waals surface area contributed by atoms with Crippen molar-refractivity contribution in [2.24, 2.45) is 0 Å². The van der Waals surface area contributed by atoms with E-state index >= 15 is 0 Å². The predicted molar refractivity (Wildman–Crippen MR) is 101 cm³/mol. The number of alkyl halides is 3. The van der Waals surface area contributed by atoms with Crippen molar-refractivity contribution in [2.75, 3.05) is 28.6 Å². The van der Waals surface area contributed by atoms with E-state index in [2.05, 4.69) is 29.4 Å². The van der Waals surface area contributed by atoms with Crippen LogP contribution in [0.15, 0.2) is 48.5 Å². The van der Waals surface area contributed by atoms with Crippen molar-refractivity contribution in [3.63, 3.8) is 0 Å². The zero-order chi connectivity index (χ0) is 18.4. The van der Waals surface area contributed by atoms with Crippen LogP contribution >= 0.6 is 12.2 Å². The molecule has 25 heavy (non-hydrogen) atoms. The lowest BCUT2D eigenvalue weighted by Gasteiger charge is -2.21. The summed E-state index contributed by atoms with van der Waals surface area (Å²) >= 11 is 5.17. The Kier molecular flexibility index (Phi) is 6.25. The van der Waals surface area contributed by atoms with Crippen molar-refractivity contribution < 1.29 is 13.2 Å². The molecule has 7 heteroatoms. The maximum absolute atomic E-state index is 12.7. The van der Waals surface area contributed by atoms with Gasteiger partial charge in [-0.1, -0.05) is 6.07 Å². The second-order valence-electron chi connectivity index (χ2n) is 5.38.